The first-order valence-corrected chi connectivity index (χ1v) is 14.8. The molecule has 3 amide bonds. The second-order valence-corrected chi connectivity index (χ2v) is 13.6. The van der Waals surface area contributed by atoms with E-state index < -0.39 is 53.1 Å². The molecule has 0 unspecified atom stereocenters. The van der Waals surface area contributed by atoms with Gasteiger partial charge in [0.15, 0.2) is 0 Å². The van der Waals surface area contributed by atoms with E-state index in [1.807, 2.05) is 20.8 Å². The highest BCUT2D eigenvalue weighted by molar-refractivity contribution is 6.31. The molecule has 2 aromatic carbocycles. The second-order valence-electron chi connectivity index (χ2n) is 12.8. The monoisotopic (exact) mass is 603 g/mol. The fourth-order valence-corrected chi connectivity index (χ4v) is 7.57. The standard InChI is InChI=1S/C31H36Cl2FN3O4/c1-16(38)37-24(15-30(2,3)4)31(21-13-8-17(32)14-23(21)36-29(31)41)25(20-6-5-7-22(33)26(20)34)27(37)28(40)35-18-9-11-19(39)12-10-18/h5-8,13-14,18-19,24-25,27,39H,9-12,15H2,1-4H3,(H,35,40)(H,36,41)/t18-,19-,24-,25-,27+,31+/m0/s1. The lowest BCUT2D eigenvalue weighted by Gasteiger charge is -2.39. The molecule has 0 aromatic heterocycles. The van der Waals surface area contributed by atoms with E-state index >= 15 is 4.39 Å². The third kappa shape index (κ3) is 5.12. The molecule has 1 spiro atoms. The van der Waals surface area contributed by atoms with Crippen LogP contribution >= 0.6 is 23.2 Å². The number of nitrogens with one attached hydrogen (secondary N) is 2. The second kappa shape index (κ2) is 10.9. The van der Waals surface area contributed by atoms with Crippen LogP contribution in [0.5, 0.6) is 0 Å². The summed E-state index contributed by atoms with van der Waals surface area (Å²) in [5.74, 6) is -3.09. The number of rotatable bonds is 4. The van der Waals surface area contributed by atoms with Gasteiger partial charge in [-0.15, -0.1) is 0 Å². The van der Waals surface area contributed by atoms with Crippen LogP contribution in [0.1, 0.15) is 76.8 Å². The van der Waals surface area contributed by atoms with Crippen LogP contribution in [0.4, 0.5) is 10.1 Å². The van der Waals surface area contributed by atoms with Crippen molar-refractivity contribution in [2.45, 2.75) is 95.4 Å². The van der Waals surface area contributed by atoms with Crippen molar-refractivity contribution in [1.29, 1.82) is 0 Å². The Kier molecular flexibility index (Phi) is 7.90. The molecule has 1 saturated heterocycles. The molecule has 2 fully saturated rings. The van der Waals surface area contributed by atoms with Gasteiger partial charge in [0.1, 0.15) is 17.3 Å². The molecule has 4 atom stereocenters. The molecule has 10 heteroatoms. The molecule has 1 aliphatic carbocycles. The largest absolute Gasteiger partial charge is 0.393 e. The normalized spacial score (nSPS) is 29.4. The smallest absolute Gasteiger partial charge is 0.243 e. The molecule has 220 valence electrons. The number of benzene rings is 2. The Labute approximate surface area is 249 Å². The third-order valence-electron chi connectivity index (χ3n) is 8.82. The number of nitrogens with zero attached hydrogens (tertiary/aromatic N) is 1. The minimum atomic E-state index is -1.50. The van der Waals surface area contributed by atoms with Gasteiger partial charge in [0.2, 0.25) is 17.7 Å². The summed E-state index contributed by atoms with van der Waals surface area (Å²) in [6.45, 7) is 7.39. The fourth-order valence-electron chi connectivity index (χ4n) is 7.21. The number of carbonyl (C=O) groups is 3. The highest BCUT2D eigenvalue weighted by Gasteiger charge is 2.70. The lowest BCUT2D eigenvalue weighted by molar-refractivity contribution is -0.140. The molecule has 0 radical (unpaired) electrons. The van der Waals surface area contributed by atoms with Crippen LogP contribution in [0.25, 0.3) is 0 Å². The van der Waals surface area contributed by atoms with Gasteiger partial charge in [-0.1, -0.05) is 62.2 Å². The number of halogens is 3. The van der Waals surface area contributed by atoms with Gasteiger partial charge in [0.05, 0.1) is 17.2 Å². The molecular formula is C31H36Cl2FN3O4. The van der Waals surface area contributed by atoms with Crippen LogP contribution in [-0.4, -0.2) is 52.0 Å². The molecule has 0 bridgehead atoms. The highest BCUT2D eigenvalue weighted by Crippen LogP contribution is 2.60. The van der Waals surface area contributed by atoms with Crippen LogP contribution in [0.2, 0.25) is 10.0 Å². The van der Waals surface area contributed by atoms with Crippen molar-refractivity contribution >= 4 is 46.6 Å². The first kappa shape index (κ1) is 29.8. The summed E-state index contributed by atoms with van der Waals surface area (Å²) < 4.78 is 16.0. The van der Waals surface area contributed by atoms with E-state index in [9.17, 15) is 19.5 Å². The molecule has 7 nitrogen and oxygen atoms in total. The number of hydrogen-bond acceptors (Lipinski definition) is 4. The fraction of sp³-hybridized carbons (Fsp3) is 0.516. The van der Waals surface area contributed by atoms with E-state index in [0.717, 1.165) is 0 Å². The topological polar surface area (TPSA) is 98.7 Å². The Morgan fingerprint density at radius 2 is 1.83 bits per heavy atom. The van der Waals surface area contributed by atoms with Crippen molar-refractivity contribution in [1.82, 2.24) is 10.2 Å². The molecule has 3 N–H and O–H groups in total. The number of aliphatic hydroxyl groups excluding tert-OH is 1. The predicted molar refractivity (Wildman–Crippen MR) is 156 cm³/mol. The first-order chi connectivity index (χ1) is 19.3. The van der Waals surface area contributed by atoms with Crippen LogP contribution < -0.4 is 10.6 Å². The Morgan fingerprint density at radius 3 is 2.46 bits per heavy atom. The maximum Gasteiger partial charge on any atom is 0.243 e. The van der Waals surface area contributed by atoms with Crippen molar-refractivity contribution in [2.75, 3.05) is 5.32 Å². The average molecular weight is 605 g/mol. The number of aliphatic hydroxyl groups is 1. The number of likely N-dealkylation sites (tertiary alicyclic amines) is 1. The lowest BCUT2D eigenvalue weighted by Crippen LogP contribution is -2.53. The number of amides is 3. The summed E-state index contributed by atoms with van der Waals surface area (Å²) in [6, 6.07) is 7.40. The maximum atomic E-state index is 16.0. The number of fused-ring (bicyclic) bond motifs is 2. The van der Waals surface area contributed by atoms with E-state index in [0.29, 0.717) is 48.4 Å². The van der Waals surface area contributed by atoms with Crippen molar-refractivity contribution in [2.24, 2.45) is 5.41 Å². The van der Waals surface area contributed by atoms with E-state index in [1.165, 1.54) is 17.9 Å². The van der Waals surface area contributed by atoms with Crippen molar-refractivity contribution < 1.29 is 23.9 Å². The van der Waals surface area contributed by atoms with E-state index in [1.54, 1.807) is 30.3 Å². The van der Waals surface area contributed by atoms with Gasteiger partial charge >= 0.3 is 0 Å². The average Bonchev–Trinajstić information content (AvgIpc) is 3.33. The molecular weight excluding hydrogens is 568 g/mol. The molecule has 2 aromatic rings. The number of hydrogen-bond donors (Lipinski definition) is 3. The minimum Gasteiger partial charge on any atom is -0.393 e. The highest BCUT2D eigenvalue weighted by atomic mass is 35.5. The van der Waals surface area contributed by atoms with E-state index in [-0.39, 0.29) is 22.0 Å². The lowest BCUT2D eigenvalue weighted by atomic mass is 9.62. The summed E-state index contributed by atoms with van der Waals surface area (Å²) in [5.41, 5.74) is -0.747. The number of carbonyl (C=O) groups excluding carboxylic acids is 3. The van der Waals surface area contributed by atoms with Crippen molar-refractivity contribution in [3.05, 3.63) is 63.4 Å². The van der Waals surface area contributed by atoms with Crippen LogP contribution in [-0.2, 0) is 19.8 Å². The molecule has 5 rings (SSSR count). The van der Waals surface area contributed by atoms with E-state index in [4.69, 9.17) is 23.2 Å². The Bertz CT molecular complexity index is 1390. The summed E-state index contributed by atoms with van der Waals surface area (Å²) in [5, 5.41) is 16.3. The van der Waals surface area contributed by atoms with Gasteiger partial charge in [-0.25, -0.2) is 4.39 Å². The summed E-state index contributed by atoms with van der Waals surface area (Å²) >= 11 is 12.6. The van der Waals surface area contributed by atoms with Crippen LogP contribution in [0.15, 0.2) is 36.4 Å². The Morgan fingerprint density at radius 1 is 1.15 bits per heavy atom. The van der Waals surface area contributed by atoms with Gasteiger partial charge in [-0.05, 0) is 66.8 Å². The van der Waals surface area contributed by atoms with E-state index in [2.05, 4.69) is 10.6 Å². The van der Waals surface area contributed by atoms with Crippen LogP contribution in [0.3, 0.4) is 0 Å². The van der Waals surface area contributed by atoms with Crippen LogP contribution in [0, 0.1) is 11.2 Å². The minimum absolute atomic E-state index is 0.0947. The number of anilines is 1. The zero-order valence-electron chi connectivity index (χ0n) is 23.6. The molecule has 41 heavy (non-hydrogen) atoms. The van der Waals surface area contributed by atoms with Gasteiger partial charge in [-0.2, -0.15) is 0 Å². The van der Waals surface area contributed by atoms with Gasteiger partial charge in [0, 0.05) is 29.6 Å². The maximum absolute atomic E-state index is 16.0. The molecule has 1 saturated carbocycles. The van der Waals surface area contributed by atoms with Gasteiger partial charge < -0.3 is 20.6 Å². The van der Waals surface area contributed by atoms with Crippen molar-refractivity contribution in [3.63, 3.8) is 0 Å². The quantitative estimate of drug-likeness (QED) is 0.426. The zero-order chi connectivity index (χ0) is 29.9. The molecule has 2 heterocycles. The zero-order valence-corrected chi connectivity index (χ0v) is 25.2. The summed E-state index contributed by atoms with van der Waals surface area (Å²) in [7, 11) is 0. The molecule has 2 aliphatic heterocycles. The SMILES string of the molecule is CC(=O)N1[C@@H](CC(C)(C)C)[C@@]2(C(=O)Nc3cc(Cl)ccc32)[C@@H](c2cccc(Cl)c2F)[C@@H]1C(=O)N[C@H]1CC[C@H](O)CC1. The third-order valence-corrected chi connectivity index (χ3v) is 9.34. The van der Waals surface area contributed by atoms with Gasteiger partial charge in [0.25, 0.3) is 0 Å². The summed E-state index contributed by atoms with van der Waals surface area (Å²) in [6.07, 6.45) is 2.20. The summed E-state index contributed by atoms with van der Waals surface area (Å²) in [4.78, 5) is 43.8. The van der Waals surface area contributed by atoms with Gasteiger partial charge in [-0.3, -0.25) is 14.4 Å². The first-order valence-electron chi connectivity index (χ1n) is 14.1. The Balaban J connectivity index is 1.78. The van der Waals surface area contributed by atoms with Crippen molar-refractivity contribution in [3.8, 4) is 0 Å². The molecule has 3 aliphatic rings. The predicted octanol–water partition coefficient (Wildman–Crippen LogP) is 5.56. The Hall–Kier alpha value is -2.68.